The van der Waals surface area contributed by atoms with Crippen molar-refractivity contribution in [2.24, 2.45) is 0 Å². The summed E-state index contributed by atoms with van der Waals surface area (Å²) in [5, 5.41) is 33.4. The highest BCUT2D eigenvalue weighted by molar-refractivity contribution is 9.10. The van der Waals surface area contributed by atoms with E-state index in [1.54, 1.807) is 24.3 Å². The van der Waals surface area contributed by atoms with E-state index in [1.807, 2.05) is 6.07 Å². The van der Waals surface area contributed by atoms with E-state index in [1.165, 1.54) is 6.07 Å². The predicted octanol–water partition coefficient (Wildman–Crippen LogP) is 3.93. The van der Waals surface area contributed by atoms with Gasteiger partial charge in [-0.1, -0.05) is 15.9 Å². The highest BCUT2D eigenvalue weighted by atomic mass is 79.9. The van der Waals surface area contributed by atoms with Gasteiger partial charge < -0.3 is 15.3 Å². The van der Waals surface area contributed by atoms with Gasteiger partial charge >= 0.3 is 0 Å². The number of nitro benzene ring substituents is 1. The van der Waals surface area contributed by atoms with Gasteiger partial charge in [-0.3, -0.25) is 10.1 Å². The van der Waals surface area contributed by atoms with Gasteiger partial charge in [0.15, 0.2) is 0 Å². The van der Waals surface area contributed by atoms with Gasteiger partial charge in [-0.25, -0.2) is 0 Å². The molecular weight excluding hydrogens is 400 g/mol. The molecule has 1 aliphatic rings. The second-order valence-corrected chi connectivity index (χ2v) is 7.02. The van der Waals surface area contributed by atoms with Crippen LogP contribution in [0.2, 0.25) is 0 Å². The minimum Gasteiger partial charge on any atom is -0.393 e. The molecule has 0 saturated carbocycles. The van der Waals surface area contributed by atoms with Crippen LogP contribution in [0.1, 0.15) is 18.4 Å². The van der Waals surface area contributed by atoms with Gasteiger partial charge in [0.1, 0.15) is 11.8 Å². The molecule has 2 aromatic carbocycles. The number of piperidine rings is 1. The number of benzene rings is 2. The third-order valence-corrected chi connectivity index (χ3v) is 4.85. The molecule has 1 saturated heterocycles. The fourth-order valence-corrected chi connectivity index (χ4v) is 3.35. The summed E-state index contributed by atoms with van der Waals surface area (Å²) in [6.45, 7) is 1.39. The number of hydrogen-bond acceptors (Lipinski definition) is 6. The Labute approximate surface area is 159 Å². The van der Waals surface area contributed by atoms with E-state index in [0.29, 0.717) is 47.3 Å². The second-order valence-electron chi connectivity index (χ2n) is 6.11. The summed E-state index contributed by atoms with van der Waals surface area (Å²) in [5.74, 6) is 0. The summed E-state index contributed by atoms with van der Waals surface area (Å²) < 4.78 is 0.620. The molecule has 134 valence electrons. The molecule has 0 bridgehead atoms. The van der Waals surface area contributed by atoms with E-state index in [2.05, 4.69) is 32.2 Å². The topological polar surface area (TPSA) is 102 Å². The normalized spacial score (nSPS) is 14.7. The molecule has 0 unspecified atom stereocenters. The first-order chi connectivity index (χ1) is 12.5. The van der Waals surface area contributed by atoms with E-state index in [0.717, 1.165) is 5.69 Å². The van der Waals surface area contributed by atoms with Crippen molar-refractivity contribution in [3.8, 4) is 6.07 Å². The molecule has 1 heterocycles. The molecule has 8 heteroatoms. The Kier molecular flexibility index (Phi) is 5.40. The van der Waals surface area contributed by atoms with Gasteiger partial charge in [0.25, 0.3) is 5.69 Å². The van der Waals surface area contributed by atoms with Crippen LogP contribution in [0.15, 0.2) is 40.9 Å². The highest BCUT2D eigenvalue weighted by Gasteiger charge is 2.20. The maximum absolute atomic E-state index is 11.2. The zero-order valence-electron chi connectivity index (χ0n) is 13.9. The van der Waals surface area contributed by atoms with Crippen LogP contribution in [-0.4, -0.2) is 29.2 Å². The van der Waals surface area contributed by atoms with Crippen LogP contribution in [0, 0.1) is 21.4 Å². The number of anilines is 3. The first kappa shape index (κ1) is 18.2. The van der Waals surface area contributed by atoms with Crippen molar-refractivity contribution in [3.63, 3.8) is 0 Å². The average molecular weight is 417 g/mol. The van der Waals surface area contributed by atoms with Crippen LogP contribution in [0.5, 0.6) is 0 Å². The van der Waals surface area contributed by atoms with Gasteiger partial charge in [0, 0.05) is 29.3 Å². The number of aliphatic hydroxyl groups excluding tert-OH is 1. The minimum atomic E-state index is -0.453. The predicted molar refractivity (Wildman–Crippen MR) is 103 cm³/mol. The number of nitrogens with zero attached hydrogens (tertiary/aromatic N) is 3. The first-order valence-corrected chi connectivity index (χ1v) is 8.95. The Morgan fingerprint density at radius 2 is 2.00 bits per heavy atom. The number of rotatable bonds is 4. The quantitative estimate of drug-likeness (QED) is 0.577. The SMILES string of the molecule is N#Cc1cc(Nc2ccc(Br)cc2[N+](=O)[O-])ccc1N1CCC(O)CC1. The van der Waals surface area contributed by atoms with Gasteiger partial charge in [0.2, 0.25) is 0 Å². The molecule has 2 aromatic rings. The van der Waals surface area contributed by atoms with Crippen molar-refractivity contribution in [1.82, 2.24) is 0 Å². The molecular formula is C18H17BrN4O3. The minimum absolute atomic E-state index is 0.0491. The van der Waals surface area contributed by atoms with Crippen LogP contribution in [0.3, 0.4) is 0 Å². The number of halogens is 1. The monoisotopic (exact) mass is 416 g/mol. The van der Waals surface area contributed by atoms with Crippen LogP contribution < -0.4 is 10.2 Å². The van der Waals surface area contributed by atoms with Crippen molar-refractivity contribution in [2.45, 2.75) is 18.9 Å². The molecule has 26 heavy (non-hydrogen) atoms. The van der Waals surface area contributed by atoms with Gasteiger partial charge in [0.05, 0.1) is 22.3 Å². The maximum Gasteiger partial charge on any atom is 0.293 e. The molecule has 2 N–H and O–H groups in total. The number of aliphatic hydroxyl groups is 1. The van der Waals surface area contributed by atoms with E-state index < -0.39 is 4.92 Å². The molecule has 0 amide bonds. The molecule has 0 atom stereocenters. The van der Waals surface area contributed by atoms with Crippen molar-refractivity contribution >= 4 is 38.7 Å². The molecule has 0 aliphatic carbocycles. The van der Waals surface area contributed by atoms with E-state index >= 15 is 0 Å². The Morgan fingerprint density at radius 3 is 2.65 bits per heavy atom. The van der Waals surface area contributed by atoms with Crippen LogP contribution in [-0.2, 0) is 0 Å². The lowest BCUT2D eigenvalue weighted by Crippen LogP contribution is -2.36. The number of nitro groups is 1. The van der Waals surface area contributed by atoms with Gasteiger partial charge in [-0.05, 0) is 43.2 Å². The number of hydrogen-bond donors (Lipinski definition) is 2. The third-order valence-electron chi connectivity index (χ3n) is 4.36. The van der Waals surface area contributed by atoms with Gasteiger partial charge in [-0.15, -0.1) is 0 Å². The molecule has 0 spiro atoms. The van der Waals surface area contributed by atoms with E-state index in [-0.39, 0.29) is 11.8 Å². The fourth-order valence-electron chi connectivity index (χ4n) is 3.00. The van der Waals surface area contributed by atoms with E-state index in [9.17, 15) is 20.5 Å². The summed E-state index contributed by atoms with van der Waals surface area (Å²) in [4.78, 5) is 12.9. The average Bonchev–Trinajstić information content (AvgIpc) is 2.63. The third kappa shape index (κ3) is 3.95. The lowest BCUT2D eigenvalue weighted by atomic mass is 10.0. The lowest BCUT2D eigenvalue weighted by molar-refractivity contribution is -0.384. The lowest BCUT2D eigenvalue weighted by Gasteiger charge is -2.32. The first-order valence-electron chi connectivity index (χ1n) is 8.16. The highest BCUT2D eigenvalue weighted by Crippen LogP contribution is 2.32. The Hall–Kier alpha value is -2.63. The van der Waals surface area contributed by atoms with Crippen molar-refractivity contribution in [1.29, 1.82) is 5.26 Å². The van der Waals surface area contributed by atoms with Crippen molar-refractivity contribution < 1.29 is 10.0 Å². The fraction of sp³-hybridized carbons (Fsp3) is 0.278. The summed E-state index contributed by atoms with van der Waals surface area (Å²) in [5.41, 5.74) is 2.22. The summed E-state index contributed by atoms with van der Waals surface area (Å²) in [6, 6.07) is 12.3. The van der Waals surface area contributed by atoms with Crippen molar-refractivity contribution in [2.75, 3.05) is 23.3 Å². The number of nitriles is 1. The smallest absolute Gasteiger partial charge is 0.293 e. The molecule has 1 aliphatic heterocycles. The molecule has 3 rings (SSSR count). The number of nitrogens with one attached hydrogen (secondary N) is 1. The molecule has 1 fully saturated rings. The maximum atomic E-state index is 11.2. The van der Waals surface area contributed by atoms with E-state index in [4.69, 9.17) is 0 Å². The summed E-state index contributed by atoms with van der Waals surface area (Å²) in [6.07, 6.45) is 1.07. The van der Waals surface area contributed by atoms with Crippen LogP contribution >= 0.6 is 15.9 Å². The largest absolute Gasteiger partial charge is 0.393 e. The zero-order valence-corrected chi connectivity index (χ0v) is 15.4. The zero-order chi connectivity index (χ0) is 18.7. The summed E-state index contributed by atoms with van der Waals surface area (Å²) in [7, 11) is 0. The summed E-state index contributed by atoms with van der Waals surface area (Å²) >= 11 is 3.23. The molecule has 0 radical (unpaired) electrons. The Bertz CT molecular complexity index is 873. The van der Waals surface area contributed by atoms with Crippen LogP contribution in [0.25, 0.3) is 0 Å². The Balaban J connectivity index is 1.87. The standard InChI is InChI=1S/C18H17BrN4O3/c19-13-1-3-16(18(10-13)23(25)26)21-14-2-4-17(12(9-14)11-20)22-7-5-15(24)6-8-22/h1-4,9-10,15,21,24H,5-8H2. The second kappa shape index (κ2) is 7.72. The van der Waals surface area contributed by atoms with Crippen LogP contribution in [0.4, 0.5) is 22.7 Å². The Morgan fingerprint density at radius 1 is 1.27 bits per heavy atom. The molecule has 0 aromatic heterocycles. The van der Waals surface area contributed by atoms with Gasteiger partial charge in [-0.2, -0.15) is 5.26 Å². The van der Waals surface area contributed by atoms with Crippen molar-refractivity contribution in [3.05, 3.63) is 56.5 Å². The molecule has 7 nitrogen and oxygen atoms in total.